The summed E-state index contributed by atoms with van der Waals surface area (Å²) in [4.78, 5) is 11.5. The first-order chi connectivity index (χ1) is 7.60. The van der Waals surface area contributed by atoms with Gasteiger partial charge in [-0.2, -0.15) is 0 Å². The summed E-state index contributed by atoms with van der Waals surface area (Å²) in [6.45, 7) is 4.05. The molecule has 0 bridgehead atoms. The van der Waals surface area contributed by atoms with Crippen molar-refractivity contribution in [2.45, 2.75) is 25.3 Å². The predicted octanol–water partition coefficient (Wildman–Crippen LogP) is 2.54. The molecule has 1 rings (SSSR count). The second-order valence-electron chi connectivity index (χ2n) is 3.39. The van der Waals surface area contributed by atoms with Gasteiger partial charge in [0.15, 0.2) is 5.78 Å². The van der Waals surface area contributed by atoms with Crippen molar-refractivity contribution >= 4 is 21.7 Å². The number of aliphatic hydroxyl groups excluding tert-OH is 1. The quantitative estimate of drug-likeness (QED) is 0.668. The van der Waals surface area contributed by atoms with E-state index in [0.717, 1.165) is 0 Å². The summed E-state index contributed by atoms with van der Waals surface area (Å²) >= 11 is 3.23. The maximum atomic E-state index is 11.8. The van der Waals surface area contributed by atoms with Gasteiger partial charge in [0.1, 0.15) is 5.75 Å². The van der Waals surface area contributed by atoms with Crippen molar-refractivity contribution < 1.29 is 14.6 Å². The van der Waals surface area contributed by atoms with Crippen LogP contribution in [0, 0.1) is 0 Å². The van der Waals surface area contributed by atoms with Gasteiger partial charge in [0.25, 0.3) is 0 Å². The molecule has 4 heteroatoms. The Balaban J connectivity index is 3.06. The van der Waals surface area contributed by atoms with Crippen molar-refractivity contribution in [1.82, 2.24) is 0 Å². The molecular formula is C12H15BrO3. The van der Waals surface area contributed by atoms with Gasteiger partial charge in [0, 0.05) is 5.56 Å². The van der Waals surface area contributed by atoms with Crippen molar-refractivity contribution in [3.63, 3.8) is 0 Å². The number of alkyl halides is 1. The van der Waals surface area contributed by atoms with Crippen molar-refractivity contribution in [3.8, 4) is 5.75 Å². The lowest BCUT2D eigenvalue weighted by molar-refractivity contribution is 0.0993. The average Bonchev–Trinajstić information content (AvgIpc) is 2.28. The van der Waals surface area contributed by atoms with Crippen molar-refractivity contribution in [1.29, 1.82) is 0 Å². The Morgan fingerprint density at radius 3 is 2.75 bits per heavy atom. The molecule has 0 heterocycles. The number of ether oxygens (including phenoxy) is 1. The first kappa shape index (κ1) is 13.2. The van der Waals surface area contributed by atoms with Crippen LogP contribution in [-0.4, -0.2) is 22.3 Å². The normalized spacial score (nSPS) is 12.2. The second-order valence-corrected chi connectivity index (χ2v) is 4.76. The minimum absolute atomic E-state index is 0.0351. The molecule has 0 fully saturated rings. The molecule has 0 aliphatic carbocycles. The van der Waals surface area contributed by atoms with Crippen LogP contribution in [0.2, 0.25) is 0 Å². The lowest BCUT2D eigenvalue weighted by Crippen LogP contribution is -2.13. The summed E-state index contributed by atoms with van der Waals surface area (Å²) in [5.74, 6) is 0.637. The molecule has 0 saturated carbocycles. The van der Waals surface area contributed by atoms with Gasteiger partial charge in [-0.25, -0.2) is 0 Å². The predicted molar refractivity (Wildman–Crippen MR) is 66.3 cm³/mol. The van der Waals surface area contributed by atoms with Gasteiger partial charge in [-0.15, -0.1) is 0 Å². The van der Waals surface area contributed by atoms with Gasteiger partial charge in [-0.1, -0.05) is 15.9 Å². The molecule has 0 spiro atoms. The van der Waals surface area contributed by atoms with E-state index in [-0.39, 0.29) is 17.2 Å². The molecule has 1 aromatic carbocycles. The van der Waals surface area contributed by atoms with Gasteiger partial charge in [-0.05, 0) is 37.6 Å². The molecule has 1 aromatic rings. The van der Waals surface area contributed by atoms with Gasteiger partial charge >= 0.3 is 0 Å². The minimum atomic E-state index is -0.254. The zero-order valence-corrected chi connectivity index (χ0v) is 11.0. The highest BCUT2D eigenvalue weighted by Gasteiger charge is 2.16. The highest BCUT2D eigenvalue weighted by atomic mass is 79.9. The third kappa shape index (κ3) is 3.06. The number of hydrogen-bond donors (Lipinski definition) is 1. The summed E-state index contributed by atoms with van der Waals surface area (Å²) in [5.41, 5.74) is 1.14. The molecule has 0 aliphatic rings. The van der Waals surface area contributed by atoms with E-state index in [9.17, 15) is 9.90 Å². The van der Waals surface area contributed by atoms with E-state index >= 15 is 0 Å². The minimum Gasteiger partial charge on any atom is -0.494 e. The first-order valence-electron chi connectivity index (χ1n) is 5.15. The Bertz CT molecular complexity index is 375. The van der Waals surface area contributed by atoms with Crippen LogP contribution in [0.1, 0.15) is 29.8 Å². The number of rotatable bonds is 5. The van der Waals surface area contributed by atoms with E-state index in [4.69, 9.17) is 4.74 Å². The number of Topliss-reactive ketones (excluding diaryl/α,β-unsaturated/α-hetero) is 1. The van der Waals surface area contributed by atoms with Crippen LogP contribution in [0.4, 0.5) is 0 Å². The largest absolute Gasteiger partial charge is 0.494 e. The van der Waals surface area contributed by atoms with Crippen LogP contribution < -0.4 is 4.74 Å². The fourth-order valence-electron chi connectivity index (χ4n) is 1.41. The Morgan fingerprint density at radius 2 is 2.25 bits per heavy atom. The van der Waals surface area contributed by atoms with Crippen molar-refractivity contribution in [2.75, 3.05) is 6.61 Å². The average molecular weight is 287 g/mol. The van der Waals surface area contributed by atoms with Crippen LogP contribution in [0.25, 0.3) is 0 Å². The second kappa shape index (κ2) is 6.01. The summed E-state index contributed by atoms with van der Waals surface area (Å²) in [6, 6.07) is 5.13. The first-order valence-corrected chi connectivity index (χ1v) is 6.06. The number of aliphatic hydroxyl groups is 1. The molecule has 0 aliphatic heterocycles. The van der Waals surface area contributed by atoms with Gasteiger partial charge in [-0.3, -0.25) is 4.79 Å². The van der Waals surface area contributed by atoms with Crippen LogP contribution in [0.5, 0.6) is 5.75 Å². The number of benzene rings is 1. The summed E-state index contributed by atoms with van der Waals surface area (Å²) in [7, 11) is 0. The summed E-state index contributed by atoms with van der Waals surface area (Å²) < 4.78 is 5.31. The number of ketones is 1. The van der Waals surface area contributed by atoms with Gasteiger partial charge in [0.2, 0.25) is 0 Å². The van der Waals surface area contributed by atoms with Crippen LogP contribution in [-0.2, 0) is 6.61 Å². The zero-order chi connectivity index (χ0) is 12.1. The number of halogens is 1. The Hall–Kier alpha value is -0.870. The molecule has 0 saturated heterocycles. The number of hydrogen-bond acceptors (Lipinski definition) is 3. The topological polar surface area (TPSA) is 46.5 Å². The molecule has 1 unspecified atom stereocenters. The third-order valence-electron chi connectivity index (χ3n) is 2.18. The molecular weight excluding hydrogens is 272 g/mol. The third-order valence-corrected chi connectivity index (χ3v) is 2.60. The van der Waals surface area contributed by atoms with E-state index in [1.165, 1.54) is 0 Å². The van der Waals surface area contributed by atoms with E-state index in [2.05, 4.69) is 15.9 Å². The van der Waals surface area contributed by atoms with E-state index < -0.39 is 0 Å². The molecule has 0 radical (unpaired) electrons. The molecule has 1 N–H and O–H groups in total. The van der Waals surface area contributed by atoms with Crippen LogP contribution >= 0.6 is 15.9 Å². The van der Waals surface area contributed by atoms with Crippen molar-refractivity contribution in [3.05, 3.63) is 29.3 Å². The zero-order valence-electron chi connectivity index (χ0n) is 9.37. The van der Waals surface area contributed by atoms with Crippen LogP contribution in [0.15, 0.2) is 18.2 Å². The highest BCUT2D eigenvalue weighted by molar-refractivity contribution is 9.10. The van der Waals surface area contributed by atoms with Crippen molar-refractivity contribution in [2.24, 2.45) is 0 Å². The maximum Gasteiger partial charge on any atom is 0.176 e. The molecule has 88 valence electrons. The number of carbonyl (C=O) groups excluding carboxylic acids is 1. The SMILES string of the molecule is CCOc1ccc(C(=O)C(C)Br)c(CO)c1. The molecule has 0 amide bonds. The standard InChI is InChI=1S/C12H15BrO3/c1-3-16-10-4-5-11(9(6-10)7-14)12(15)8(2)13/h4-6,8,14H,3,7H2,1-2H3. The lowest BCUT2D eigenvalue weighted by atomic mass is 10.0. The summed E-state index contributed by atoms with van der Waals surface area (Å²) in [6.07, 6.45) is 0. The molecule has 0 aromatic heterocycles. The van der Waals surface area contributed by atoms with Gasteiger partial charge in [0.05, 0.1) is 18.0 Å². The highest BCUT2D eigenvalue weighted by Crippen LogP contribution is 2.21. The van der Waals surface area contributed by atoms with Crippen LogP contribution in [0.3, 0.4) is 0 Å². The Morgan fingerprint density at radius 1 is 1.56 bits per heavy atom. The molecule has 1 atom stereocenters. The van der Waals surface area contributed by atoms with E-state index in [1.807, 2.05) is 6.92 Å². The monoisotopic (exact) mass is 286 g/mol. The van der Waals surface area contributed by atoms with E-state index in [0.29, 0.717) is 23.5 Å². The Kier molecular flexibility index (Phi) is 4.96. The summed E-state index contributed by atoms with van der Waals surface area (Å²) in [5, 5.41) is 9.22. The maximum absolute atomic E-state index is 11.8. The molecule has 3 nitrogen and oxygen atoms in total. The van der Waals surface area contributed by atoms with E-state index in [1.54, 1.807) is 25.1 Å². The fraction of sp³-hybridized carbons (Fsp3) is 0.417. The Labute approximate surface area is 104 Å². The smallest absolute Gasteiger partial charge is 0.176 e. The van der Waals surface area contributed by atoms with Gasteiger partial charge < -0.3 is 9.84 Å². The fourth-order valence-corrected chi connectivity index (χ4v) is 1.66. The molecule has 16 heavy (non-hydrogen) atoms. The lowest BCUT2D eigenvalue weighted by Gasteiger charge is -2.10. The number of carbonyl (C=O) groups is 1.